The minimum absolute atomic E-state index is 0.115. The molecular formula is C20H27N3O5S. The van der Waals surface area contributed by atoms with E-state index in [1.165, 1.54) is 24.6 Å². The van der Waals surface area contributed by atoms with Crippen LogP contribution in [0.4, 0.5) is 0 Å². The molecule has 1 amide bonds. The highest BCUT2D eigenvalue weighted by Gasteiger charge is 2.25. The predicted molar refractivity (Wildman–Crippen MR) is 110 cm³/mol. The van der Waals surface area contributed by atoms with Gasteiger partial charge in [0, 0.05) is 18.7 Å². The first-order chi connectivity index (χ1) is 14.1. The number of rotatable bonds is 7. The molecule has 2 heterocycles. The van der Waals surface area contributed by atoms with Gasteiger partial charge in [-0.3, -0.25) is 4.79 Å². The van der Waals surface area contributed by atoms with Gasteiger partial charge >= 0.3 is 0 Å². The fourth-order valence-corrected chi connectivity index (χ4v) is 4.10. The van der Waals surface area contributed by atoms with Crippen molar-refractivity contribution in [3.8, 4) is 28.7 Å². The Kier molecular flexibility index (Phi) is 7.24. The van der Waals surface area contributed by atoms with Gasteiger partial charge in [0.1, 0.15) is 0 Å². The molecule has 1 saturated heterocycles. The molecule has 0 saturated carbocycles. The Hall–Kier alpha value is -2.42. The molecule has 0 N–H and O–H groups in total. The zero-order valence-electron chi connectivity index (χ0n) is 17.3. The summed E-state index contributed by atoms with van der Waals surface area (Å²) in [5, 5.41) is 8.27. The van der Waals surface area contributed by atoms with Gasteiger partial charge in [-0.2, -0.15) is 0 Å². The summed E-state index contributed by atoms with van der Waals surface area (Å²) >= 11 is 1.28. The van der Waals surface area contributed by atoms with Crippen molar-refractivity contribution in [2.45, 2.75) is 43.1 Å². The number of amides is 1. The summed E-state index contributed by atoms with van der Waals surface area (Å²) in [5.41, 5.74) is 0.644. The van der Waals surface area contributed by atoms with Crippen molar-refractivity contribution in [1.29, 1.82) is 0 Å². The van der Waals surface area contributed by atoms with Crippen LogP contribution in [0.25, 0.3) is 11.5 Å². The maximum Gasteiger partial charge on any atom is 0.277 e. The number of carbonyl (C=O) groups excluding carboxylic acids is 1. The van der Waals surface area contributed by atoms with Crippen LogP contribution >= 0.6 is 11.8 Å². The summed E-state index contributed by atoms with van der Waals surface area (Å²) in [7, 11) is 4.64. The Morgan fingerprint density at radius 1 is 1.03 bits per heavy atom. The van der Waals surface area contributed by atoms with E-state index in [0.717, 1.165) is 25.9 Å². The smallest absolute Gasteiger partial charge is 0.277 e. The Balaban J connectivity index is 1.74. The SMILES string of the molecule is COc1cc(-c2nnc(S[C@H](C)C(=O)N3CCCCCC3)o2)cc(OC)c1OC. The number of likely N-dealkylation sites (tertiary alicyclic amines) is 1. The minimum atomic E-state index is -0.290. The maximum atomic E-state index is 12.7. The second-order valence-electron chi connectivity index (χ2n) is 6.79. The lowest BCUT2D eigenvalue weighted by Gasteiger charge is -2.23. The van der Waals surface area contributed by atoms with Crippen LogP contribution in [-0.4, -0.2) is 60.7 Å². The molecule has 1 aliphatic rings. The van der Waals surface area contributed by atoms with Gasteiger partial charge in [0.25, 0.3) is 5.22 Å². The zero-order valence-corrected chi connectivity index (χ0v) is 18.1. The van der Waals surface area contributed by atoms with Gasteiger partial charge in [0.05, 0.1) is 26.6 Å². The molecule has 0 radical (unpaired) electrons. The number of benzene rings is 1. The number of thioether (sulfide) groups is 1. The van der Waals surface area contributed by atoms with Gasteiger partial charge in [-0.25, -0.2) is 0 Å². The van der Waals surface area contributed by atoms with Gasteiger partial charge in [-0.15, -0.1) is 10.2 Å². The highest BCUT2D eigenvalue weighted by atomic mass is 32.2. The molecule has 9 heteroatoms. The fraction of sp³-hybridized carbons (Fsp3) is 0.550. The van der Waals surface area contributed by atoms with Crippen LogP contribution in [0.1, 0.15) is 32.6 Å². The molecule has 0 spiro atoms. The Labute approximate surface area is 174 Å². The van der Waals surface area contributed by atoms with Crippen LogP contribution in [0, 0.1) is 0 Å². The summed E-state index contributed by atoms with van der Waals surface area (Å²) in [6.07, 6.45) is 4.50. The number of nitrogens with zero attached hydrogens (tertiary/aromatic N) is 3. The van der Waals surface area contributed by atoms with Gasteiger partial charge in [0.2, 0.25) is 17.5 Å². The third kappa shape index (κ3) is 4.95. The number of aromatic nitrogens is 2. The van der Waals surface area contributed by atoms with Crippen LogP contribution in [0.3, 0.4) is 0 Å². The molecule has 0 unspecified atom stereocenters. The van der Waals surface area contributed by atoms with E-state index in [4.69, 9.17) is 18.6 Å². The summed E-state index contributed by atoms with van der Waals surface area (Å²) in [6.45, 7) is 3.52. The molecule has 1 aromatic carbocycles. The molecular weight excluding hydrogens is 394 g/mol. The largest absolute Gasteiger partial charge is 0.493 e. The van der Waals surface area contributed by atoms with Crippen molar-refractivity contribution in [2.75, 3.05) is 34.4 Å². The van der Waals surface area contributed by atoms with E-state index in [1.54, 1.807) is 33.5 Å². The van der Waals surface area contributed by atoms with E-state index < -0.39 is 0 Å². The van der Waals surface area contributed by atoms with E-state index in [2.05, 4.69) is 10.2 Å². The molecule has 0 bridgehead atoms. The molecule has 1 aromatic heterocycles. The van der Waals surface area contributed by atoms with Crippen molar-refractivity contribution in [1.82, 2.24) is 15.1 Å². The highest BCUT2D eigenvalue weighted by Crippen LogP contribution is 2.41. The van der Waals surface area contributed by atoms with Gasteiger partial charge in [-0.05, 0) is 31.9 Å². The first-order valence-electron chi connectivity index (χ1n) is 9.66. The van der Waals surface area contributed by atoms with Crippen LogP contribution in [-0.2, 0) is 4.79 Å². The molecule has 2 aromatic rings. The monoisotopic (exact) mass is 421 g/mol. The quantitative estimate of drug-likeness (QED) is 0.626. The van der Waals surface area contributed by atoms with Gasteiger partial charge < -0.3 is 23.5 Å². The number of ether oxygens (including phenoxy) is 3. The van der Waals surface area contributed by atoms with Crippen molar-refractivity contribution in [3.63, 3.8) is 0 Å². The molecule has 3 rings (SSSR count). The Morgan fingerprint density at radius 3 is 2.21 bits per heavy atom. The van der Waals surface area contributed by atoms with E-state index in [9.17, 15) is 4.79 Å². The first kappa shape index (κ1) is 21.3. The molecule has 8 nitrogen and oxygen atoms in total. The van der Waals surface area contributed by atoms with Crippen molar-refractivity contribution >= 4 is 17.7 Å². The lowest BCUT2D eigenvalue weighted by molar-refractivity contribution is -0.130. The number of hydrogen-bond acceptors (Lipinski definition) is 8. The van der Waals surface area contributed by atoms with Crippen molar-refractivity contribution in [2.24, 2.45) is 0 Å². The van der Waals surface area contributed by atoms with E-state index in [0.29, 0.717) is 33.9 Å². The first-order valence-corrected chi connectivity index (χ1v) is 10.5. The average molecular weight is 422 g/mol. The predicted octanol–water partition coefficient (Wildman–Crippen LogP) is 3.65. The molecule has 0 aliphatic carbocycles. The molecule has 1 atom stereocenters. The molecule has 1 aliphatic heterocycles. The fourth-order valence-electron chi connectivity index (χ4n) is 3.33. The summed E-state index contributed by atoms with van der Waals surface area (Å²) in [4.78, 5) is 14.7. The molecule has 29 heavy (non-hydrogen) atoms. The Bertz CT molecular complexity index is 808. The minimum Gasteiger partial charge on any atom is -0.493 e. The third-order valence-electron chi connectivity index (χ3n) is 4.86. The lowest BCUT2D eigenvalue weighted by Crippen LogP contribution is -2.37. The second-order valence-corrected chi connectivity index (χ2v) is 8.08. The summed E-state index contributed by atoms with van der Waals surface area (Å²) < 4.78 is 21.9. The molecule has 1 fully saturated rings. The standard InChI is InChI=1S/C20H27N3O5S/c1-13(19(24)23-9-7-5-6-8-10-23)29-20-22-21-18(28-20)14-11-15(25-2)17(27-4)16(12-14)26-3/h11-13H,5-10H2,1-4H3/t13-/m1/s1. The maximum absolute atomic E-state index is 12.7. The molecule has 158 valence electrons. The topological polar surface area (TPSA) is 86.9 Å². The Morgan fingerprint density at radius 2 is 1.66 bits per heavy atom. The average Bonchev–Trinajstić information content (AvgIpc) is 3.04. The highest BCUT2D eigenvalue weighted by molar-refractivity contribution is 8.00. The third-order valence-corrected chi connectivity index (χ3v) is 5.78. The summed E-state index contributed by atoms with van der Waals surface area (Å²) in [5.74, 6) is 1.92. The second kappa shape index (κ2) is 9.87. The summed E-state index contributed by atoms with van der Waals surface area (Å²) in [6, 6.07) is 3.49. The number of methoxy groups -OCH3 is 3. The van der Waals surface area contributed by atoms with Crippen molar-refractivity contribution in [3.05, 3.63) is 12.1 Å². The van der Waals surface area contributed by atoms with Crippen LogP contribution in [0.2, 0.25) is 0 Å². The lowest BCUT2D eigenvalue weighted by atomic mass is 10.2. The zero-order chi connectivity index (χ0) is 20.8. The van der Waals surface area contributed by atoms with Gasteiger partial charge in [0.15, 0.2) is 11.5 Å². The number of carbonyl (C=O) groups is 1. The number of hydrogen-bond donors (Lipinski definition) is 0. The van der Waals surface area contributed by atoms with E-state index in [1.807, 2.05) is 11.8 Å². The van der Waals surface area contributed by atoms with Gasteiger partial charge in [-0.1, -0.05) is 24.6 Å². The van der Waals surface area contributed by atoms with Crippen LogP contribution in [0.5, 0.6) is 17.2 Å². The van der Waals surface area contributed by atoms with Crippen LogP contribution in [0.15, 0.2) is 21.8 Å². The van der Waals surface area contributed by atoms with E-state index >= 15 is 0 Å². The van der Waals surface area contributed by atoms with E-state index in [-0.39, 0.29) is 11.2 Å². The normalized spacial score (nSPS) is 15.5. The van der Waals surface area contributed by atoms with Crippen molar-refractivity contribution < 1.29 is 23.4 Å². The van der Waals surface area contributed by atoms with Crippen LogP contribution < -0.4 is 14.2 Å².